The second kappa shape index (κ2) is 10.1. The fourth-order valence-electron chi connectivity index (χ4n) is 2.82. The lowest BCUT2D eigenvalue weighted by Gasteiger charge is -2.07. The van der Waals surface area contributed by atoms with Crippen molar-refractivity contribution in [3.63, 3.8) is 0 Å². The number of nitrogens with one attached hydrogen (secondary N) is 2. The van der Waals surface area contributed by atoms with E-state index in [-0.39, 0.29) is 11.8 Å². The molecule has 1 aromatic heterocycles. The van der Waals surface area contributed by atoms with Crippen LogP contribution in [-0.2, 0) is 6.54 Å². The Balaban J connectivity index is 1.36. The molecule has 0 spiro atoms. The third-order valence-electron chi connectivity index (χ3n) is 4.38. The molecule has 0 saturated heterocycles. The summed E-state index contributed by atoms with van der Waals surface area (Å²) in [5, 5.41) is 5.78. The van der Waals surface area contributed by atoms with Gasteiger partial charge < -0.3 is 15.2 Å². The molecule has 2 aromatic rings. The number of aromatic nitrogens is 2. The molecule has 8 nitrogen and oxygen atoms in total. The number of benzene rings is 1. The lowest BCUT2D eigenvalue weighted by Crippen LogP contribution is -2.27. The second-order valence-electron chi connectivity index (χ2n) is 6.50. The number of rotatable bonds is 10. The van der Waals surface area contributed by atoms with Gasteiger partial charge in [-0.05, 0) is 30.7 Å². The molecular weight excluding hydrogens is 356 g/mol. The van der Waals surface area contributed by atoms with Gasteiger partial charge in [0.1, 0.15) is 6.21 Å². The van der Waals surface area contributed by atoms with Crippen LogP contribution in [0.3, 0.4) is 0 Å². The van der Waals surface area contributed by atoms with Gasteiger partial charge in [0.15, 0.2) is 6.54 Å². The Morgan fingerprint density at radius 1 is 1.04 bits per heavy atom. The molecule has 0 unspecified atom stereocenters. The summed E-state index contributed by atoms with van der Waals surface area (Å²) in [6.45, 7) is 3.55. The molecule has 1 aliphatic rings. The summed E-state index contributed by atoms with van der Waals surface area (Å²) < 4.78 is 3.99. The minimum Gasteiger partial charge on any atom is -0.352 e. The van der Waals surface area contributed by atoms with Gasteiger partial charge >= 0.3 is 0 Å². The average molecular weight is 381 g/mol. The van der Waals surface area contributed by atoms with E-state index in [1.165, 1.54) is 0 Å². The summed E-state index contributed by atoms with van der Waals surface area (Å²) in [7, 11) is 0. The van der Waals surface area contributed by atoms with Crippen molar-refractivity contribution in [1.82, 2.24) is 20.2 Å². The van der Waals surface area contributed by atoms with Crippen LogP contribution in [0, 0.1) is 0 Å². The maximum atomic E-state index is 12.2. The molecule has 2 heterocycles. The fraction of sp³-hybridized carbons (Fsp3) is 0.350. The Hall–Kier alpha value is -3.29. The average Bonchev–Trinajstić information content (AvgIpc) is 3.42. The number of aliphatic imine (C=N–C) groups is 1. The number of imidazole rings is 1. The van der Waals surface area contributed by atoms with Crippen molar-refractivity contribution in [2.75, 3.05) is 26.2 Å². The van der Waals surface area contributed by atoms with E-state index < -0.39 is 0 Å². The Morgan fingerprint density at radius 2 is 1.71 bits per heavy atom. The lowest BCUT2D eigenvalue weighted by atomic mass is 10.1. The summed E-state index contributed by atoms with van der Waals surface area (Å²) in [4.78, 5) is 32.4. The van der Waals surface area contributed by atoms with Crippen molar-refractivity contribution < 1.29 is 14.2 Å². The summed E-state index contributed by atoms with van der Waals surface area (Å²) in [6, 6.07) is 6.71. The standard InChI is InChI=1S/C20H24N6O2/c27-19(23-7-1-11-25-13-9-21-15-25)17-3-5-18(6-4-17)20(28)24-8-2-12-26-14-10-22-16-26/h3-6,9,13-16H,1-2,7-8,10-12H2,(H-,23,24,27,28)/p+1. The molecule has 146 valence electrons. The lowest BCUT2D eigenvalue weighted by molar-refractivity contribution is -0.390. The van der Waals surface area contributed by atoms with Crippen molar-refractivity contribution in [3.05, 3.63) is 54.1 Å². The van der Waals surface area contributed by atoms with Crippen molar-refractivity contribution in [1.29, 1.82) is 0 Å². The molecule has 0 bridgehead atoms. The highest BCUT2D eigenvalue weighted by Crippen LogP contribution is 2.05. The quantitative estimate of drug-likeness (QED) is 0.474. The van der Waals surface area contributed by atoms with E-state index >= 15 is 0 Å². The van der Waals surface area contributed by atoms with Crippen LogP contribution in [0.2, 0.25) is 0 Å². The summed E-state index contributed by atoms with van der Waals surface area (Å²) >= 11 is 0. The number of hydrogen-bond donors (Lipinski definition) is 2. The summed E-state index contributed by atoms with van der Waals surface area (Å²) in [5.74, 6) is -0.271. The number of nitrogens with zero attached hydrogens (tertiary/aromatic N) is 4. The van der Waals surface area contributed by atoms with E-state index in [1.807, 2.05) is 27.9 Å². The number of amides is 2. The van der Waals surface area contributed by atoms with Crippen LogP contribution < -0.4 is 10.6 Å². The SMILES string of the molecule is O=C(NCCCn1ccnc1)c1ccc(C(=O)NCCC[N+]2=CCN=C2)cc1. The van der Waals surface area contributed by atoms with Crippen LogP contribution in [0.5, 0.6) is 0 Å². The Kier molecular flexibility index (Phi) is 7.06. The number of hydrogen-bond acceptors (Lipinski definition) is 4. The van der Waals surface area contributed by atoms with E-state index in [0.29, 0.717) is 24.2 Å². The first-order valence-corrected chi connectivity index (χ1v) is 9.43. The molecule has 3 rings (SSSR count). The first kappa shape index (κ1) is 19.5. The highest BCUT2D eigenvalue weighted by Gasteiger charge is 2.09. The van der Waals surface area contributed by atoms with Gasteiger partial charge in [-0.3, -0.25) is 9.59 Å². The molecule has 0 aliphatic carbocycles. The first-order valence-electron chi connectivity index (χ1n) is 9.43. The smallest absolute Gasteiger partial charge is 0.280 e. The van der Waals surface area contributed by atoms with Gasteiger partial charge in [0.2, 0.25) is 0 Å². The van der Waals surface area contributed by atoms with Crippen LogP contribution in [-0.4, -0.2) is 64.7 Å². The van der Waals surface area contributed by atoms with Crippen molar-refractivity contribution in [2.24, 2.45) is 4.99 Å². The minimum absolute atomic E-state index is 0.133. The van der Waals surface area contributed by atoms with Crippen LogP contribution in [0.1, 0.15) is 33.6 Å². The van der Waals surface area contributed by atoms with Crippen LogP contribution in [0.4, 0.5) is 0 Å². The molecule has 8 heteroatoms. The largest absolute Gasteiger partial charge is 0.352 e. The normalized spacial score (nSPS) is 12.6. The predicted molar refractivity (Wildman–Crippen MR) is 107 cm³/mol. The zero-order valence-electron chi connectivity index (χ0n) is 15.8. The van der Waals surface area contributed by atoms with Gasteiger partial charge in [0, 0.05) is 49.6 Å². The van der Waals surface area contributed by atoms with Crippen molar-refractivity contribution >= 4 is 24.4 Å². The van der Waals surface area contributed by atoms with Gasteiger partial charge in [-0.25, -0.2) is 9.56 Å². The van der Waals surface area contributed by atoms with Crippen molar-refractivity contribution in [2.45, 2.75) is 19.4 Å². The monoisotopic (exact) mass is 381 g/mol. The van der Waals surface area contributed by atoms with Gasteiger partial charge in [-0.1, -0.05) is 4.99 Å². The van der Waals surface area contributed by atoms with Gasteiger partial charge in [0.05, 0.1) is 12.9 Å². The first-order chi connectivity index (χ1) is 13.7. The number of carbonyl (C=O) groups is 2. The van der Waals surface area contributed by atoms with E-state index in [0.717, 1.165) is 32.5 Å². The molecule has 0 fully saturated rings. The predicted octanol–water partition coefficient (Wildman–Crippen LogP) is 0.948. The molecule has 2 N–H and O–H groups in total. The second-order valence-corrected chi connectivity index (χ2v) is 6.50. The molecule has 2 amide bonds. The molecule has 0 radical (unpaired) electrons. The van der Waals surface area contributed by atoms with E-state index in [2.05, 4.69) is 20.6 Å². The maximum absolute atomic E-state index is 12.2. The van der Waals surface area contributed by atoms with Gasteiger partial charge in [-0.2, -0.15) is 0 Å². The Bertz CT molecular complexity index is 840. The van der Waals surface area contributed by atoms with Crippen LogP contribution >= 0.6 is 0 Å². The van der Waals surface area contributed by atoms with Crippen LogP contribution in [0.15, 0.2) is 48.0 Å². The molecule has 1 aliphatic heterocycles. The molecular formula is C20H25N6O2+. The highest BCUT2D eigenvalue weighted by molar-refractivity contribution is 5.97. The zero-order valence-corrected chi connectivity index (χ0v) is 15.8. The highest BCUT2D eigenvalue weighted by atomic mass is 16.2. The molecule has 0 saturated carbocycles. The Labute approximate surface area is 164 Å². The zero-order chi connectivity index (χ0) is 19.6. The van der Waals surface area contributed by atoms with Crippen LogP contribution in [0.25, 0.3) is 0 Å². The Morgan fingerprint density at radius 3 is 2.29 bits per heavy atom. The van der Waals surface area contributed by atoms with Gasteiger partial charge in [-0.15, -0.1) is 0 Å². The minimum atomic E-state index is -0.138. The fourth-order valence-corrected chi connectivity index (χ4v) is 2.82. The number of aryl methyl sites for hydroxylation is 1. The number of carbonyl (C=O) groups excluding carboxylic acids is 2. The van der Waals surface area contributed by atoms with E-state index in [4.69, 9.17) is 0 Å². The summed E-state index contributed by atoms with van der Waals surface area (Å²) in [5.41, 5.74) is 1.09. The summed E-state index contributed by atoms with van der Waals surface area (Å²) in [6.07, 6.45) is 10.9. The third-order valence-corrected chi connectivity index (χ3v) is 4.38. The molecule has 28 heavy (non-hydrogen) atoms. The van der Waals surface area contributed by atoms with Crippen molar-refractivity contribution in [3.8, 4) is 0 Å². The van der Waals surface area contributed by atoms with Gasteiger partial charge in [0.25, 0.3) is 18.2 Å². The molecule has 0 atom stereocenters. The van der Waals surface area contributed by atoms with E-state index in [9.17, 15) is 9.59 Å². The maximum Gasteiger partial charge on any atom is 0.280 e. The van der Waals surface area contributed by atoms with E-state index in [1.54, 1.807) is 36.8 Å². The topological polar surface area (TPSA) is 91.4 Å². The molecule has 1 aromatic carbocycles. The third kappa shape index (κ3) is 5.87.